The van der Waals surface area contributed by atoms with Crippen molar-refractivity contribution in [1.82, 2.24) is 15.5 Å². The quantitative estimate of drug-likeness (QED) is 0.652. The predicted octanol–water partition coefficient (Wildman–Crippen LogP) is 3.60. The van der Waals surface area contributed by atoms with Crippen molar-refractivity contribution < 1.29 is 22.8 Å². The third-order valence-electron chi connectivity index (χ3n) is 6.88. The van der Waals surface area contributed by atoms with Gasteiger partial charge in [0.2, 0.25) is 5.91 Å². The van der Waals surface area contributed by atoms with Crippen LogP contribution < -0.4 is 15.5 Å². The second-order valence-electron chi connectivity index (χ2n) is 9.31. The summed E-state index contributed by atoms with van der Waals surface area (Å²) in [6.45, 7) is 5.55. The van der Waals surface area contributed by atoms with Gasteiger partial charge in [-0.25, -0.2) is 0 Å². The van der Waals surface area contributed by atoms with Gasteiger partial charge in [-0.15, -0.1) is 0 Å². The van der Waals surface area contributed by atoms with Gasteiger partial charge in [-0.05, 0) is 56.0 Å². The highest BCUT2D eigenvalue weighted by Crippen LogP contribution is 2.29. The van der Waals surface area contributed by atoms with Crippen molar-refractivity contribution in [3.63, 3.8) is 0 Å². The van der Waals surface area contributed by atoms with E-state index < -0.39 is 17.6 Å². The summed E-state index contributed by atoms with van der Waals surface area (Å²) in [4.78, 5) is 29.4. The lowest BCUT2D eigenvalue weighted by Gasteiger charge is -2.38. The molecule has 0 aromatic heterocycles. The molecule has 2 amide bonds. The number of alkyl halides is 3. The summed E-state index contributed by atoms with van der Waals surface area (Å²) in [5.74, 6) is -1.05. The number of piperidine rings is 1. The molecular weight excluding hydrogens is 457 g/mol. The van der Waals surface area contributed by atoms with E-state index in [-0.39, 0.29) is 24.1 Å². The van der Waals surface area contributed by atoms with Gasteiger partial charge in [0.1, 0.15) is 0 Å². The first-order chi connectivity index (χ1) is 16.7. The van der Waals surface area contributed by atoms with Gasteiger partial charge in [0, 0.05) is 49.5 Å². The molecule has 9 heteroatoms. The summed E-state index contributed by atoms with van der Waals surface area (Å²) in [5, 5.41) is 5.36. The number of hydrogen-bond acceptors (Lipinski definition) is 4. The smallest absolute Gasteiger partial charge is 0.371 e. The number of anilines is 1. The zero-order valence-electron chi connectivity index (χ0n) is 19.8. The molecule has 0 radical (unpaired) electrons. The van der Waals surface area contributed by atoms with Crippen LogP contribution in [0.1, 0.15) is 40.7 Å². The molecule has 1 unspecified atom stereocenters. The molecule has 0 spiro atoms. The van der Waals surface area contributed by atoms with Crippen LogP contribution in [-0.2, 0) is 11.0 Å². The SMILES string of the molecule is Cc1ccccc1N1CCC(N2CCC(NC(=O)CNC(=O)c3cccc(C(F)(F)F)c3)C2)CC1. The van der Waals surface area contributed by atoms with E-state index in [0.29, 0.717) is 6.04 Å². The fourth-order valence-electron chi connectivity index (χ4n) is 5.00. The summed E-state index contributed by atoms with van der Waals surface area (Å²) >= 11 is 0. The summed E-state index contributed by atoms with van der Waals surface area (Å²) in [6.07, 6.45) is -1.55. The average molecular weight is 489 g/mol. The minimum Gasteiger partial charge on any atom is -0.371 e. The Morgan fingerprint density at radius 2 is 1.74 bits per heavy atom. The molecular formula is C26H31F3N4O2. The van der Waals surface area contributed by atoms with Crippen LogP contribution >= 0.6 is 0 Å². The second-order valence-corrected chi connectivity index (χ2v) is 9.31. The molecule has 0 saturated carbocycles. The molecule has 0 bridgehead atoms. The van der Waals surface area contributed by atoms with Crippen molar-refractivity contribution in [3.05, 3.63) is 65.2 Å². The van der Waals surface area contributed by atoms with Gasteiger partial charge in [0.25, 0.3) is 5.91 Å². The van der Waals surface area contributed by atoms with E-state index in [4.69, 9.17) is 0 Å². The summed E-state index contributed by atoms with van der Waals surface area (Å²) < 4.78 is 38.5. The number of rotatable bonds is 6. The molecule has 6 nitrogen and oxygen atoms in total. The number of hydrogen-bond donors (Lipinski definition) is 2. The van der Waals surface area contributed by atoms with Gasteiger partial charge < -0.3 is 15.5 Å². The molecule has 2 aromatic carbocycles. The predicted molar refractivity (Wildman–Crippen MR) is 128 cm³/mol. The number of carbonyl (C=O) groups is 2. The minimum absolute atomic E-state index is 0.00218. The molecule has 4 rings (SSSR count). The molecule has 0 aliphatic carbocycles. The fraction of sp³-hybridized carbons (Fsp3) is 0.462. The van der Waals surface area contributed by atoms with Crippen molar-refractivity contribution >= 4 is 17.5 Å². The van der Waals surface area contributed by atoms with E-state index in [1.807, 2.05) is 0 Å². The molecule has 2 fully saturated rings. The monoisotopic (exact) mass is 488 g/mol. The molecule has 2 aliphatic heterocycles. The average Bonchev–Trinajstić information content (AvgIpc) is 3.31. The van der Waals surface area contributed by atoms with Crippen LogP contribution in [0.4, 0.5) is 18.9 Å². The normalized spacial score (nSPS) is 19.5. The fourth-order valence-corrected chi connectivity index (χ4v) is 5.00. The number of para-hydroxylation sites is 1. The Hall–Kier alpha value is -3.07. The van der Waals surface area contributed by atoms with Crippen molar-refractivity contribution in [2.24, 2.45) is 0 Å². The zero-order chi connectivity index (χ0) is 25.0. The highest BCUT2D eigenvalue weighted by Gasteiger charge is 2.32. The summed E-state index contributed by atoms with van der Waals surface area (Å²) in [5.41, 5.74) is 1.56. The number of carbonyl (C=O) groups excluding carboxylic acids is 2. The molecule has 2 aliphatic rings. The molecule has 2 N–H and O–H groups in total. The van der Waals surface area contributed by atoms with Gasteiger partial charge in [-0.1, -0.05) is 24.3 Å². The number of nitrogens with one attached hydrogen (secondary N) is 2. The Balaban J connectivity index is 1.20. The summed E-state index contributed by atoms with van der Waals surface area (Å²) in [7, 11) is 0. The standard InChI is InChI=1S/C26H31F3N4O2/c1-18-5-2-3-8-23(18)32-13-10-22(11-14-32)33-12-9-21(17-33)31-24(34)16-30-25(35)19-6-4-7-20(15-19)26(27,28)29/h2-8,15,21-22H,9-14,16-17H2,1H3,(H,30,35)(H,31,34). The Labute approximate surface area is 203 Å². The summed E-state index contributed by atoms with van der Waals surface area (Å²) in [6, 6.07) is 13.1. The van der Waals surface area contributed by atoms with Crippen LogP contribution in [0.3, 0.4) is 0 Å². The first-order valence-electron chi connectivity index (χ1n) is 12.0. The number of amides is 2. The van der Waals surface area contributed by atoms with Crippen LogP contribution in [0.25, 0.3) is 0 Å². The Bertz CT molecular complexity index is 1050. The van der Waals surface area contributed by atoms with Crippen LogP contribution in [0.5, 0.6) is 0 Å². The highest BCUT2D eigenvalue weighted by atomic mass is 19.4. The van der Waals surface area contributed by atoms with Crippen molar-refractivity contribution in [1.29, 1.82) is 0 Å². The second kappa shape index (κ2) is 10.7. The van der Waals surface area contributed by atoms with Gasteiger partial charge in [-0.3, -0.25) is 14.5 Å². The lowest BCUT2D eigenvalue weighted by Crippen LogP contribution is -2.46. The first-order valence-corrected chi connectivity index (χ1v) is 12.0. The molecule has 2 saturated heterocycles. The molecule has 1 atom stereocenters. The number of aryl methyl sites for hydroxylation is 1. The lowest BCUT2D eigenvalue weighted by atomic mass is 10.0. The van der Waals surface area contributed by atoms with E-state index in [0.717, 1.165) is 57.6 Å². The van der Waals surface area contributed by atoms with Gasteiger partial charge in [0.15, 0.2) is 0 Å². The number of halogens is 3. The maximum absolute atomic E-state index is 12.8. The largest absolute Gasteiger partial charge is 0.416 e. The number of benzene rings is 2. The zero-order valence-corrected chi connectivity index (χ0v) is 19.8. The van der Waals surface area contributed by atoms with Crippen LogP contribution in [0.2, 0.25) is 0 Å². The van der Waals surface area contributed by atoms with Crippen LogP contribution in [-0.4, -0.2) is 61.5 Å². The molecule has 188 valence electrons. The van der Waals surface area contributed by atoms with Gasteiger partial charge in [-0.2, -0.15) is 13.2 Å². The van der Waals surface area contributed by atoms with E-state index in [1.165, 1.54) is 23.4 Å². The molecule has 2 heterocycles. The van der Waals surface area contributed by atoms with Crippen molar-refractivity contribution in [2.75, 3.05) is 37.6 Å². The van der Waals surface area contributed by atoms with Gasteiger partial charge in [0.05, 0.1) is 12.1 Å². The third kappa shape index (κ3) is 6.33. The topological polar surface area (TPSA) is 64.7 Å². The van der Waals surface area contributed by atoms with Crippen LogP contribution in [0.15, 0.2) is 48.5 Å². The van der Waals surface area contributed by atoms with E-state index in [9.17, 15) is 22.8 Å². The Morgan fingerprint density at radius 1 is 1.00 bits per heavy atom. The van der Waals surface area contributed by atoms with Crippen molar-refractivity contribution in [3.8, 4) is 0 Å². The molecule has 35 heavy (non-hydrogen) atoms. The van der Waals surface area contributed by atoms with Gasteiger partial charge >= 0.3 is 6.18 Å². The van der Waals surface area contributed by atoms with Crippen LogP contribution in [0, 0.1) is 6.92 Å². The first kappa shape index (κ1) is 25.0. The number of likely N-dealkylation sites (tertiary alicyclic amines) is 1. The molecule has 2 aromatic rings. The maximum atomic E-state index is 12.8. The Kier molecular flexibility index (Phi) is 7.64. The van der Waals surface area contributed by atoms with E-state index in [1.54, 1.807) is 0 Å². The van der Waals surface area contributed by atoms with Crippen molar-refractivity contribution in [2.45, 2.75) is 44.4 Å². The maximum Gasteiger partial charge on any atom is 0.416 e. The number of nitrogens with zero attached hydrogens (tertiary/aromatic N) is 2. The highest BCUT2D eigenvalue weighted by molar-refractivity contribution is 5.96. The minimum atomic E-state index is -4.53. The third-order valence-corrected chi connectivity index (χ3v) is 6.88. The lowest BCUT2D eigenvalue weighted by molar-refractivity contribution is -0.137. The van der Waals surface area contributed by atoms with E-state index in [2.05, 4.69) is 51.6 Å². The van der Waals surface area contributed by atoms with E-state index >= 15 is 0 Å². The Morgan fingerprint density at radius 3 is 2.46 bits per heavy atom.